The summed E-state index contributed by atoms with van der Waals surface area (Å²) in [6.07, 6.45) is 2.83. The van der Waals surface area contributed by atoms with Crippen LogP contribution in [-0.4, -0.2) is 36.7 Å². The Labute approximate surface area is 193 Å². The molecule has 1 aromatic heterocycles. The van der Waals surface area contributed by atoms with Crippen LogP contribution in [0.1, 0.15) is 46.3 Å². The number of benzene rings is 2. The predicted octanol–water partition coefficient (Wildman–Crippen LogP) is 5.16. The summed E-state index contributed by atoms with van der Waals surface area (Å²) in [4.78, 5) is 17.5. The molecule has 1 aliphatic rings. The van der Waals surface area contributed by atoms with E-state index in [0.29, 0.717) is 23.8 Å². The van der Waals surface area contributed by atoms with Crippen LogP contribution < -0.4 is 5.32 Å². The van der Waals surface area contributed by atoms with Crippen LogP contribution in [0.3, 0.4) is 0 Å². The van der Waals surface area contributed by atoms with Crippen LogP contribution in [0.25, 0.3) is 11.3 Å². The van der Waals surface area contributed by atoms with Crippen molar-refractivity contribution in [1.29, 1.82) is 0 Å². The molecular formula is C24H27N3O3S2. The summed E-state index contributed by atoms with van der Waals surface area (Å²) in [6, 6.07) is 10.4. The second-order valence-corrected chi connectivity index (χ2v) is 11.0. The molecule has 1 fully saturated rings. The molecule has 1 N–H and O–H groups in total. The van der Waals surface area contributed by atoms with Crippen LogP contribution in [0, 0.1) is 20.8 Å². The number of amides is 1. The summed E-state index contributed by atoms with van der Waals surface area (Å²) in [5.74, 6) is -0.315. The van der Waals surface area contributed by atoms with E-state index in [4.69, 9.17) is 0 Å². The minimum Gasteiger partial charge on any atom is -0.298 e. The van der Waals surface area contributed by atoms with Gasteiger partial charge in [-0.15, -0.1) is 11.3 Å². The highest BCUT2D eigenvalue weighted by atomic mass is 32.2. The number of hydrogen-bond acceptors (Lipinski definition) is 5. The second kappa shape index (κ2) is 9.13. The van der Waals surface area contributed by atoms with Gasteiger partial charge in [-0.1, -0.05) is 12.5 Å². The lowest BCUT2D eigenvalue weighted by atomic mass is 9.99. The molecule has 0 atom stereocenters. The van der Waals surface area contributed by atoms with Gasteiger partial charge in [0.15, 0.2) is 5.13 Å². The molecule has 168 valence electrons. The van der Waals surface area contributed by atoms with E-state index < -0.39 is 10.0 Å². The number of carbonyl (C=O) groups is 1. The van der Waals surface area contributed by atoms with Gasteiger partial charge in [0.05, 0.1) is 10.6 Å². The number of nitrogens with one attached hydrogen (secondary N) is 1. The van der Waals surface area contributed by atoms with Gasteiger partial charge in [-0.25, -0.2) is 13.4 Å². The molecule has 0 spiro atoms. The van der Waals surface area contributed by atoms with E-state index in [1.165, 1.54) is 38.9 Å². The zero-order chi connectivity index (χ0) is 22.9. The van der Waals surface area contributed by atoms with E-state index in [-0.39, 0.29) is 10.8 Å². The van der Waals surface area contributed by atoms with Crippen molar-refractivity contribution in [3.8, 4) is 11.3 Å². The number of anilines is 1. The van der Waals surface area contributed by atoms with Crippen LogP contribution in [0.5, 0.6) is 0 Å². The van der Waals surface area contributed by atoms with E-state index in [0.717, 1.165) is 36.1 Å². The summed E-state index contributed by atoms with van der Waals surface area (Å²) in [6.45, 7) is 7.32. The summed E-state index contributed by atoms with van der Waals surface area (Å²) < 4.78 is 27.1. The average molecular weight is 470 g/mol. The van der Waals surface area contributed by atoms with Crippen LogP contribution in [0.4, 0.5) is 5.13 Å². The lowest BCUT2D eigenvalue weighted by molar-refractivity contribution is 0.102. The van der Waals surface area contributed by atoms with Gasteiger partial charge in [0.1, 0.15) is 0 Å². The summed E-state index contributed by atoms with van der Waals surface area (Å²) in [5, 5.41) is 5.26. The number of aryl methyl sites for hydroxylation is 3. The summed E-state index contributed by atoms with van der Waals surface area (Å²) >= 11 is 1.37. The van der Waals surface area contributed by atoms with Gasteiger partial charge in [0.2, 0.25) is 10.0 Å². The lowest BCUT2D eigenvalue weighted by Crippen LogP contribution is -2.35. The Morgan fingerprint density at radius 3 is 2.31 bits per heavy atom. The normalized spacial score (nSPS) is 15.0. The number of piperidine rings is 1. The molecule has 0 bridgehead atoms. The molecule has 0 saturated carbocycles. The van der Waals surface area contributed by atoms with Gasteiger partial charge in [-0.05, 0) is 80.6 Å². The lowest BCUT2D eigenvalue weighted by Gasteiger charge is -2.25. The van der Waals surface area contributed by atoms with Crippen molar-refractivity contribution in [2.45, 2.75) is 44.9 Å². The Hall–Kier alpha value is -2.55. The molecule has 1 amide bonds. The Morgan fingerprint density at radius 2 is 1.62 bits per heavy atom. The highest BCUT2D eigenvalue weighted by Gasteiger charge is 2.26. The summed E-state index contributed by atoms with van der Waals surface area (Å²) in [7, 11) is -3.51. The third kappa shape index (κ3) is 4.62. The van der Waals surface area contributed by atoms with E-state index in [1.54, 1.807) is 12.1 Å². The topological polar surface area (TPSA) is 79.4 Å². The molecule has 6 nitrogen and oxygen atoms in total. The first-order chi connectivity index (χ1) is 15.3. The fraction of sp³-hybridized carbons (Fsp3) is 0.333. The minimum absolute atomic E-state index is 0.220. The molecule has 32 heavy (non-hydrogen) atoms. The fourth-order valence-corrected chi connectivity index (χ4v) is 6.12. The number of rotatable bonds is 5. The quantitative estimate of drug-likeness (QED) is 0.560. The molecule has 3 aromatic rings. The highest BCUT2D eigenvalue weighted by molar-refractivity contribution is 7.89. The molecule has 0 aliphatic carbocycles. The van der Waals surface area contributed by atoms with Crippen LogP contribution >= 0.6 is 11.3 Å². The molecule has 1 saturated heterocycles. The van der Waals surface area contributed by atoms with Crippen molar-refractivity contribution in [2.24, 2.45) is 0 Å². The first-order valence-electron chi connectivity index (χ1n) is 10.7. The third-order valence-corrected chi connectivity index (χ3v) is 8.58. The van der Waals surface area contributed by atoms with Gasteiger partial charge < -0.3 is 0 Å². The maximum atomic E-state index is 12.8. The van der Waals surface area contributed by atoms with Gasteiger partial charge >= 0.3 is 0 Å². The molecule has 0 radical (unpaired) electrons. The number of sulfonamides is 1. The molecule has 8 heteroatoms. The second-order valence-electron chi connectivity index (χ2n) is 8.23. The third-order valence-electron chi connectivity index (χ3n) is 5.91. The van der Waals surface area contributed by atoms with Gasteiger partial charge in [0.25, 0.3) is 5.91 Å². The first kappa shape index (κ1) is 22.6. The smallest absolute Gasteiger partial charge is 0.257 e. The Balaban J connectivity index is 1.48. The molecule has 4 rings (SSSR count). The van der Waals surface area contributed by atoms with Gasteiger partial charge in [-0.3, -0.25) is 10.1 Å². The van der Waals surface area contributed by atoms with E-state index in [2.05, 4.69) is 43.2 Å². The Morgan fingerprint density at radius 1 is 0.969 bits per heavy atom. The van der Waals surface area contributed by atoms with Crippen molar-refractivity contribution in [3.63, 3.8) is 0 Å². The first-order valence-corrected chi connectivity index (χ1v) is 13.0. The maximum Gasteiger partial charge on any atom is 0.257 e. The van der Waals surface area contributed by atoms with Crippen LogP contribution in [0.2, 0.25) is 0 Å². The van der Waals surface area contributed by atoms with Crippen molar-refractivity contribution < 1.29 is 13.2 Å². The van der Waals surface area contributed by atoms with Crippen molar-refractivity contribution in [2.75, 3.05) is 18.4 Å². The van der Waals surface area contributed by atoms with Crippen molar-refractivity contribution in [3.05, 3.63) is 64.0 Å². The number of aromatic nitrogens is 1. The van der Waals surface area contributed by atoms with E-state index in [1.807, 2.05) is 5.38 Å². The number of carbonyl (C=O) groups excluding carboxylic acids is 1. The van der Waals surface area contributed by atoms with E-state index >= 15 is 0 Å². The molecule has 0 unspecified atom stereocenters. The average Bonchev–Trinajstić information content (AvgIpc) is 3.25. The minimum atomic E-state index is -3.51. The molecule has 1 aliphatic heterocycles. The maximum absolute atomic E-state index is 12.8. The molecule has 2 aromatic carbocycles. The summed E-state index contributed by atoms with van der Waals surface area (Å²) in [5.41, 5.74) is 5.85. The Kier molecular flexibility index (Phi) is 6.46. The number of hydrogen-bond donors (Lipinski definition) is 1. The monoisotopic (exact) mass is 469 g/mol. The number of thiazole rings is 1. The Bertz CT molecular complexity index is 1240. The zero-order valence-electron chi connectivity index (χ0n) is 18.5. The van der Waals surface area contributed by atoms with E-state index in [9.17, 15) is 13.2 Å². The predicted molar refractivity (Wildman–Crippen MR) is 129 cm³/mol. The number of nitrogens with zero attached hydrogens (tertiary/aromatic N) is 2. The van der Waals surface area contributed by atoms with Gasteiger partial charge in [-0.2, -0.15) is 4.31 Å². The fourth-order valence-electron chi connectivity index (χ4n) is 3.89. The molecule has 2 heterocycles. The van der Waals surface area contributed by atoms with Crippen LogP contribution in [0.15, 0.2) is 46.7 Å². The SMILES string of the molecule is Cc1cc(C)c(-c2csc(NC(=O)c3ccc(S(=O)(=O)N4CCCCC4)cc3)n2)cc1C. The zero-order valence-corrected chi connectivity index (χ0v) is 20.1. The largest absolute Gasteiger partial charge is 0.298 e. The van der Waals surface area contributed by atoms with Crippen molar-refractivity contribution >= 4 is 32.4 Å². The highest BCUT2D eigenvalue weighted by Crippen LogP contribution is 2.30. The van der Waals surface area contributed by atoms with Crippen LogP contribution in [-0.2, 0) is 10.0 Å². The molecular weight excluding hydrogens is 442 g/mol. The standard InChI is InChI=1S/C24H27N3O3S2/c1-16-13-18(3)21(14-17(16)2)22-15-31-24(25-22)26-23(28)19-7-9-20(10-8-19)32(29,30)27-11-5-4-6-12-27/h7-10,13-15H,4-6,11-12H2,1-3H3,(H,25,26,28). The van der Waals surface area contributed by atoms with Crippen molar-refractivity contribution in [1.82, 2.24) is 9.29 Å². The van der Waals surface area contributed by atoms with Gasteiger partial charge in [0, 0.05) is 29.6 Å².